The van der Waals surface area contributed by atoms with E-state index < -0.39 is 40.0 Å². The molecule has 1 unspecified atom stereocenters. The number of carbonyl (C=O) groups excluding carboxylic acids is 1. The van der Waals surface area contributed by atoms with Crippen LogP contribution in [0.25, 0.3) is 11.1 Å². The first kappa shape index (κ1) is 31.6. The molecule has 0 spiro atoms. The first-order valence-corrected chi connectivity index (χ1v) is 14.8. The van der Waals surface area contributed by atoms with Crippen LogP contribution in [0.5, 0.6) is 0 Å². The Hall–Kier alpha value is -3.88. The highest BCUT2D eigenvalue weighted by molar-refractivity contribution is 7.90. The molecule has 0 aliphatic rings. The smallest absolute Gasteiger partial charge is 0.399 e. The molecule has 0 saturated carbocycles. The predicted octanol–water partition coefficient (Wildman–Crippen LogP) is 5.20. The molecule has 3 aromatic carbocycles. The maximum absolute atomic E-state index is 14.3. The molecule has 3 atom stereocenters. The van der Waals surface area contributed by atoms with Crippen LogP contribution in [0.1, 0.15) is 37.4 Å². The molecule has 3 aromatic rings. The van der Waals surface area contributed by atoms with Gasteiger partial charge in [0.05, 0.1) is 17.0 Å². The van der Waals surface area contributed by atoms with Crippen molar-refractivity contribution in [1.29, 1.82) is 5.26 Å². The number of benzene rings is 3. The van der Waals surface area contributed by atoms with Gasteiger partial charge in [-0.2, -0.15) is 18.4 Å². The number of alkyl halides is 3. The summed E-state index contributed by atoms with van der Waals surface area (Å²) in [6.07, 6.45) is -3.34. The molecular formula is C30H33F3N4O3S. The SMILES string of the molecule is CC(C)C[C@H](N[C@@H](c1ccc(-c2ccc(S(C)(=O)=O)cc2)cc1)C(F)(F)F)C(=O)NC(C#N)Cc1ccc(N)cc1. The van der Waals surface area contributed by atoms with Crippen molar-refractivity contribution in [1.82, 2.24) is 10.6 Å². The molecular weight excluding hydrogens is 553 g/mol. The molecule has 0 aliphatic carbocycles. The number of nitrogens with one attached hydrogen (secondary N) is 2. The van der Waals surface area contributed by atoms with E-state index in [1.54, 1.807) is 50.2 Å². The monoisotopic (exact) mass is 586 g/mol. The Kier molecular flexibility index (Phi) is 10.2. The molecule has 218 valence electrons. The van der Waals surface area contributed by atoms with Crippen LogP contribution >= 0.6 is 0 Å². The fraction of sp³-hybridized carbons (Fsp3) is 0.333. The molecule has 3 rings (SSSR count). The van der Waals surface area contributed by atoms with E-state index in [2.05, 4.69) is 10.6 Å². The number of nitrogens with zero attached hydrogens (tertiary/aromatic N) is 1. The minimum Gasteiger partial charge on any atom is -0.399 e. The van der Waals surface area contributed by atoms with Crippen molar-refractivity contribution in [3.05, 3.63) is 83.9 Å². The normalized spacial score (nSPS) is 14.2. The Morgan fingerprint density at radius 3 is 1.95 bits per heavy atom. The number of nitriles is 1. The lowest BCUT2D eigenvalue weighted by molar-refractivity contribution is -0.161. The van der Waals surface area contributed by atoms with E-state index >= 15 is 0 Å². The molecule has 4 N–H and O–H groups in total. The predicted molar refractivity (Wildman–Crippen MR) is 152 cm³/mol. The van der Waals surface area contributed by atoms with Crippen LogP contribution in [0.3, 0.4) is 0 Å². The fourth-order valence-corrected chi connectivity index (χ4v) is 4.99. The third kappa shape index (κ3) is 9.06. The number of carbonyl (C=O) groups is 1. The zero-order valence-corrected chi connectivity index (χ0v) is 23.8. The van der Waals surface area contributed by atoms with Crippen molar-refractivity contribution in [2.24, 2.45) is 5.92 Å². The summed E-state index contributed by atoms with van der Waals surface area (Å²) in [5.74, 6) is -0.806. The zero-order chi connectivity index (χ0) is 30.4. The summed E-state index contributed by atoms with van der Waals surface area (Å²) in [7, 11) is -3.38. The molecule has 0 saturated heterocycles. The molecule has 41 heavy (non-hydrogen) atoms. The molecule has 0 bridgehead atoms. The topological polar surface area (TPSA) is 125 Å². The van der Waals surface area contributed by atoms with Gasteiger partial charge in [-0.25, -0.2) is 8.42 Å². The van der Waals surface area contributed by atoms with E-state index in [0.29, 0.717) is 16.8 Å². The summed E-state index contributed by atoms with van der Waals surface area (Å²) >= 11 is 0. The number of nitrogen functional groups attached to an aromatic ring is 1. The van der Waals surface area contributed by atoms with Gasteiger partial charge in [0.1, 0.15) is 12.1 Å². The lowest BCUT2D eigenvalue weighted by atomic mass is 9.97. The molecule has 0 heterocycles. The third-order valence-corrected chi connectivity index (χ3v) is 7.60. The zero-order valence-electron chi connectivity index (χ0n) is 22.9. The minimum atomic E-state index is -4.72. The van der Waals surface area contributed by atoms with E-state index in [9.17, 15) is 31.6 Å². The summed E-state index contributed by atoms with van der Waals surface area (Å²) in [6, 6.07) is 16.2. The first-order chi connectivity index (χ1) is 19.2. The van der Waals surface area contributed by atoms with Crippen LogP contribution in [0, 0.1) is 17.2 Å². The van der Waals surface area contributed by atoms with E-state index in [1.165, 1.54) is 36.4 Å². The standard InChI is InChI=1S/C30H33F3N4O3S/c1-19(2)16-27(29(38)36-25(18-34)17-20-4-12-24(35)13-5-20)37-28(30(31,32)33)23-8-6-21(7-9-23)22-10-14-26(15-11-22)41(3,39)40/h4-15,19,25,27-28,37H,16-17,35H2,1-3H3,(H,36,38)/t25?,27-,28-/m0/s1. The Morgan fingerprint density at radius 1 is 0.951 bits per heavy atom. The van der Waals surface area contributed by atoms with Gasteiger partial charge >= 0.3 is 6.18 Å². The van der Waals surface area contributed by atoms with E-state index in [-0.39, 0.29) is 29.2 Å². The Bertz CT molecular complexity index is 1470. The number of hydrogen-bond donors (Lipinski definition) is 3. The van der Waals surface area contributed by atoms with Crippen LogP contribution in [0.2, 0.25) is 0 Å². The lowest BCUT2D eigenvalue weighted by Gasteiger charge is -2.29. The van der Waals surface area contributed by atoms with Crippen LogP contribution in [0.15, 0.2) is 77.7 Å². The van der Waals surface area contributed by atoms with E-state index in [0.717, 1.165) is 11.8 Å². The Labute approximate surface area is 238 Å². The van der Waals surface area contributed by atoms with Gasteiger partial charge in [-0.15, -0.1) is 0 Å². The number of amides is 1. The molecule has 11 heteroatoms. The van der Waals surface area contributed by atoms with Gasteiger partial charge in [0.2, 0.25) is 5.91 Å². The van der Waals surface area contributed by atoms with Crippen LogP contribution in [-0.2, 0) is 21.1 Å². The quantitative estimate of drug-likeness (QED) is 0.265. The summed E-state index contributed by atoms with van der Waals surface area (Å²) in [6.45, 7) is 3.59. The van der Waals surface area contributed by atoms with Crippen molar-refractivity contribution in [2.75, 3.05) is 12.0 Å². The van der Waals surface area contributed by atoms with Crippen LogP contribution < -0.4 is 16.4 Å². The van der Waals surface area contributed by atoms with Gasteiger partial charge in [0, 0.05) is 18.4 Å². The number of sulfone groups is 1. The summed E-state index contributed by atoms with van der Waals surface area (Å²) < 4.78 is 66.3. The molecule has 7 nitrogen and oxygen atoms in total. The molecule has 1 amide bonds. The number of halogens is 3. The van der Waals surface area contributed by atoms with E-state index in [1.807, 2.05) is 6.07 Å². The Morgan fingerprint density at radius 2 is 1.49 bits per heavy atom. The molecule has 0 aromatic heterocycles. The van der Waals surface area contributed by atoms with Gasteiger partial charge in [-0.05, 0) is 58.9 Å². The average molecular weight is 587 g/mol. The number of nitrogens with two attached hydrogens (primary N) is 1. The summed E-state index contributed by atoms with van der Waals surface area (Å²) in [4.78, 5) is 13.3. The van der Waals surface area contributed by atoms with Gasteiger partial charge in [-0.3, -0.25) is 10.1 Å². The lowest BCUT2D eigenvalue weighted by Crippen LogP contribution is -2.51. The minimum absolute atomic E-state index is 0.0886. The third-order valence-electron chi connectivity index (χ3n) is 6.47. The van der Waals surface area contributed by atoms with Gasteiger partial charge < -0.3 is 11.1 Å². The number of rotatable bonds is 11. The summed E-state index contributed by atoms with van der Waals surface area (Å²) in [5, 5.41) is 14.7. The Balaban J connectivity index is 1.81. The molecule has 0 fully saturated rings. The molecule has 0 aliphatic heterocycles. The van der Waals surface area contributed by atoms with Crippen LogP contribution in [-0.4, -0.2) is 38.8 Å². The highest BCUT2D eigenvalue weighted by atomic mass is 32.2. The van der Waals surface area contributed by atoms with Crippen molar-refractivity contribution in [2.45, 2.75) is 55.9 Å². The average Bonchev–Trinajstić information content (AvgIpc) is 2.90. The van der Waals surface area contributed by atoms with Gasteiger partial charge in [0.15, 0.2) is 9.84 Å². The van der Waals surface area contributed by atoms with E-state index in [4.69, 9.17) is 5.73 Å². The van der Waals surface area contributed by atoms with Crippen molar-refractivity contribution in [3.8, 4) is 17.2 Å². The maximum Gasteiger partial charge on any atom is 0.407 e. The fourth-order valence-electron chi connectivity index (χ4n) is 4.36. The molecule has 0 radical (unpaired) electrons. The highest BCUT2D eigenvalue weighted by Gasteiger charge is 2.43. The maximum atomic E-state index is 14.3. The second kappa shape index (κ2) is 13.2. The van der Waals surface area contributed by atoms with Crippen molar-refractivity contribution < 1.29 is 26.4 Å². The largest absolute Gasteiger partial charge is 0.407 e. The first-order valence-electron chi connectivity index (χ1n) is 12.9. The van der Waals surface area contributed by atoms with Gasteiger partial charge in [-0.1, -0.05) is 62.4 Å². The number of anilines is 1. The van der Waals surface area contributed by atoms with Gasteiger partial charge in [0.25, 0.3) is 0 Å². The van der Waals surface area contributed by atoms with Crippen molar-refractivity contribution >= 4 is 21.4 Å². The number of hydrogen-bond acceptors (Lipinski definition) is 6. The van der Waals surface area contributed by atoms with Crippen molar-refractivity contribution in [3.63, 3.8) is 0 Å². The second-order valence-corrected chi connectivity index (χ2v) is 12.4. The highest BCUT2D eigenvalue weighted by Crippen LogP contribution is 2.35. The second-order valence-electron chi connectivity index (χ2n) is 10.4. The summed E-state index contributed by atoms with van der Waals surface area (Å²) in [5.41, 5.74) is 8.14. The van der Waals surface area contributed by atoms with Crippen LogP contribution in [0.4, 0.5) is 18.9 Å².